The average Bonchev–Trinajstić information content (AvgIpc) is 2.68. The molecule has 0 aliphatic heterocycles. The lowest BCUT2D eigenvalue weighted by atomic mass is 10.0. The lowest BCUT2D eigenvalue weighted by Crippen LogP contribution is -2.49. The molecule has 0 aliphatic rings. The second kappa shape index (κ2) is 5.47. The van der Waals surface area contributed by atoms with Gasteiger partial charge in [-0.3, -0.25) is 4.57 Å². The Hall–Kier alpha value is -1.77. The Morgan fingerprint density at radius 2 is 1.89 bits per heavy atom. The zero-order valence-corrected chi connectivity index (χ0v) is 12.0. The first-order valence-corrected chi connectivity index (χ1v) is 6.60. The van der Waals surface area contributed by atoms with E-state index in [1.165, 1.54) is 22.4 Å². The standard InChI is InChI=1S/C16H20BN2/c1-5-6-7-18-8-9-19(16(18)17)15-13(3)10-12(2)11-14(15)4/h5,8-11H,1,6-7H2,2-4H3. The monoisotopic (exact) mass is 251 g/mol. The number of allylic oxidation sites excluding steroid dienone is 1. The fraction of sp³-hybridized carbons (Fsp3) is 0.312. The van der Waals surface area contributed by atoms with Gasteiger partial charge in [0.05, 0.1) is 6.54 Å². The average molecular weight is 251 g/mol. The van der Waals surface area contributed by atoms with Crippen LogP contribution in [0.1, 0.15) is 23.1 Å². The van der Waals surface area contributed by atoms with E-state index in [1.807, 2.05) is 18.5 Å². The van der Waals surface area contributed by atoms with Crippen LogP contribution in [0.4, 0.5) is 0 Å². The third-order valence-electron chi connectivity index (χ3n) is 3.39. The molecule has 2 rings (SSSR count). The van der Waals surface area contributed by atoms with Crippen molar-refractivity contribution in [3.63, 3.8) is 0 Å². The second-order valence-electron chi connectivity index (χ2n) is 5.04. The van der Waals surface area contributed by atoms with Crippen molar-refractivity contribution in [2.24, 2.45) is 0 Å². The van der Waals surface area contributed by atoms with Gasteiger partial charge in [0.1, 0.15) is 18.1 Å². The van der Waals surface area contributed by atoms with Gasteiger partial charge in [0, 0.05) is 6.42 Å². The first-order valence-electron chi connectivity index (χ1n) is 6.60. The van der Waals surface area contributed by atoms with Crippen LogP contribution in [0.3, 0.4) is 0 Å². The minimum absolute atomic E-state index is 0.761. The molecule has 3 heteroatoms. The maximum absolute atomic E-state index is 6.24. The van der Waals surface area contributed by atoms with E-state index < -0.39 is 0 Å². The highest BCUT2D eigenvalue weighted by molar-refractivity contribution is 6.28. The van der Waals surface area contributed by atoms with Crippen LogP contribution in [0.25, 0.3) is 5.69 Å². The number of aryl methyl sites for hydroxylation is 4. The highest BCUT2D eigenvalue weighted by Gasteiger charge is 2.12. The van der Waals surface area contributed by atoms with Crippen molar-refractivity contribution in [3.8, 4) is 5.69 Å². The largest absolute Gasteiger partial charge is 0.458 e. The molecule has 0 saturated carbocycles. The number of benzene rings is 1. The van der Waals surface area contributed by atoms with E-state index >= 15 is 0 Å². The fourth-order valence-electron chi connectivity index (χ4n) is 2.60. The molecule has 1 aromatic heterocycles. The SMILES string of the molecule is [B-]c1n(-c2c(C)cc(C)cc2C)cc[n+]1CCC=C. The van der Waals surface area contributed by atoms with Crippen LogP contribution >= 0.6 is 0 Å². The Balaban J connectivity index is 2.48. The van der Waals surface area contributed by atoms with Crippen LogP contribution in [0, 0.1) is 20.8 Å². The Morgan fingerprint density at radius 1 is 1.26 bits per heavy atom. The minimum Gasteiger partial charge on any atom is -0.458 e. The number of nitrogens with zero attached hydrogens (tertiary/aromatic N) is 2. The molecule has 0 atom stereocenters. The van der Waals surface area contributed by atoms with Gasteiger partial charge in [0.25, 0.3) is 0 Å². The predicted molar refractivity (Wildman–Crippen MR) is 80.4 cm³/mol. The van der Waals surface area contributed by atoms with E-state index in [1.54, 1.807) is 0 Å². The smallest absolute Gasteiger partial charge is 0.134 e. The predicted octanol–water partition coefficient (Wildman–Crippen LogP) is 2.06. The summed E-state index contributed by atoms with van der Waals surface area (Å²) in [4.78, 5) is 0. The molecule has 0 amide bonds. The summed E-state index contributed by atoms with van der Waals surface area (Å²) in [5.41, 5.74) is 5.72. The van der Waals surface area contributed by atoms with Crippen LogP contribution in [0.15, 0.2) is 37.2 Å². The summed E-state index contributed by atoms with van der Waals surface area (Å²) in [6.07, 6.45) is 6.89. The molecule has 1 heterocycles. The van der Waals surface area contributed by atoms with E-state index in [-0.39, 0.29) is 0 Å². The van der Waals surface area contributed by atoms with Crippen molar-refractivity contribution in [2.75, 3.05) is 0 Å². The summed E-state index contributed by atoms with van der Waals surface area (Å²) in [7, 11) is 6.24. The molecule has 3 radical (unpaired) electrons. The minimum atomic E-state index is 0.761. The van der Waals surface area contributed by atoms with Crippen molar-refractivity contribution >= 4 is 13.6 Å². The summed E-state index contributed by atoms with van der Waals surface area (Å²) >= 11 is 0. The molecule has 0 saturated heterocycles. The van der Waals surface area contributed by atoms with Gasteiger partial charge in [-0.05, 0) is 37.6 Å². The Morgan fingerprint density at radius 3 is 2.47 bits per heavy atom. The van der Waals surface area contributed by atoms with Gasteiger partial charge in [-0.25, -0.2) is 4.57 Å². The number of hydrogen-bond donors (Lipinski definition) is 0. The maximum Gasteiger partial charge on any atom is 0.134 e. The number of hydrogen-bond acceptors (Lipinski definition) is 0. The molecule has 97 valence electrons. The third-order valence-corrected chi connectivity index (χ3v) is 3.39. The molecule has 0 unspecified atom stereocenters. The second-order valence-corrected chi connectivity index (χ2v) is 5.04. The quantitative estimate of drug-likeness (QED) is 0.447. The lowest BCUT2D eigenvalue weighted by Gasteiger charge is -2.14. The van der Waals surface area contributed by atoms with Crippen molar-refractivity contribution in [1.29, 1.82) is 0 Å². The van der Waals surface area contributed by atoms with Crippen LogP contribution in [0.5, 0.6) is 0 Å². The van der Waals surface area contributed by atoms with E-state index in [2.05, 4.69) is 48.6 Å². The molecule has 0 aliphatic carbocycles. The van der Waals surface area contributed by atoms with Crippen molar-refractivity contribution in [2.45, 2.75) is 33.7 Å². The van der Waals surface area contributed by atoms with E-state index in [0.29, 0.717) is 0 Å². The van der Waals surface area contributed by atoms with Gasteiger partial charge in [0.2, 0.25) is 0 Å². The Labute approximate surface area is 116 Å². The third kappa shape index (κ3) is 2.65. The van der Waals surface area contributed by atoms with Gasteiger partial charge in [-0.15, -0.1) is 6.58 Å². The van der Waals surface area contributed by atoms with Crippen molar-refractivity contribution < 1.29 is 4.57 Å². The topological polar surface area (TPSA) is 8.81 Å². The number of aromatic nitrogens is 2. The normalized spacial score (nSPS) is 10.7. The van der Waals surface area contributed by atoms with E-state index in [0.717, 1.165) is 18.7 Å². The molecule has 0 N–H and O–H groups in total. The first kappa shape index (κ1) is 13.7. The van der Waals surface area contributed by atoms with E-state index in [9.17, 15) is 0 Å². The molecule has 2 aromatic rings. The molecule has 0 fully saturated rings. The number of imidazole rings is 1. The molecular formula is C16H20BN2. The molecular weight excluding hydrogens is 231 g/mol. The Kier molecular flexibility index (Phi) is 3.94. The maximum atomic E-state index is 6.24. The summed E-state index contributed by atoms with van der Waals surface area (Å²) in [6, 6.07) is 4.38. The molecule has 2 nitrogen and oxygen atoms in total. The van der Waals surface area contributed by atoms with Crippen molar-refractivity contribution in [1.82, 2.24) is 4.57 Å². The van der Waals surface area contributed by atoms with Crippen molar-refractivity contribution in [3.05, 3.63) is 53.9 Å². The van der Waals surface area contributed by atoms with Gasteiger partial charge in [-0.2, -0.15) is 0 Å². The highest BCUT2D eigenvalue weighted by Crippen LogP contribution is 2.19. The molecule has 1 aromatic carbocycles. The summed E-state index contributed by atoms with van der Waals surface area (Å²) < 4.78 is 4.12. The molecule has 19 heavy (non-hydrogen) atoms. The number of rotatable bonds is 4. The molecule has 0 spiro atoms. The van der Waals surface area contributed by atoms with Gasteiger partial charge < -0.3 is 7.85 Å². The zero-order valence-electron chi connectivity index (χ0n) is 12.0. The van der Waals surface area contributed by atoms with E-state index in [4.69, 9.17) is 7.85 Å². The molecule has 0 bridgehead atoms. The first-order chi connectivity index (χ1) is 9.04. The fourth-order valence-corrected chi connectivity index (χ4v) is 2.60. The highest BCUT2D eigenvalue weighted by atomic mass is 15.1. The van der Waals surface area contributed by atoms with Crippen LogP contribution < -0.4 is 10.3 Å². The Bertz CT molecular complexity index is 588. The lowest BCUT2D eigenvalue weighted by molar-refractivity contribution is -0.677. The van der Waals surface area contributed by atoms with Gasteiger partial charge in [-0.1, -0.05) is 23.8 Å². The van der Waals surface area contributed by atoms with Crippen LogP contribution in [0.2, 0.25) is 0 Å². The van der Waals surface area contributed by atoms with Gasteiger partial charge >= 0.3 is 0 Å². The van der Waals surface area contributed by atoms with Crippen LogP contribution in [-0.4, -0.2) is 12.4 Å². The summed E-state index contributed by atoms with van der Waals surface area (Å²) in [5.74, 6) is 0. The van der Waals surface area contributed by atoms with Crippen LogP contribution in [-0.2, 0) is 6.54 Å². The summed E-state index contributed by atoms with van der Waals surface area (Å²) in [5, 5.41) is 0. The summed E-state index contributed by atoms with van der Waals surface area (Å²) in [6.45, 7) is 11.0. The zero-order chi connectivity index (χ0) is 14.0. The van der Waals surface area contributed by atoms with Gasteiger partial charge in [0.15, 0.2) is 0 Å².